The van der Waals surface area contributed by atoms with Crippen LogP contribution in [0, 0.1) is 0 Å². The standard InChI is InChI=1S/C7H7NO4/c8-4-2-5(9)3(7(11)12)1-6(4)10/h1-2,9-10H,8H2,(H,11,12). The molecule has 1 rings (SSSR count). The summed E-state index contributed by atoms with van der Waals surface area (Å²) in [7, 11) is 0. The van der Waals surface area contributed by atoms with Crippen molar-refractivity contribution in [1.82, 2.24) is 0 Å². The number of hydrogen-bond donors (Lipinski definition) is 4. The summed E-state index contributed by atoms with van der Waals surface area (Å²) in [5, 5.41) is 26.5. The number of nitrogens with two attached hydrogens (primary N) is 1. The number of aromatic hydroxyl groups is 2. The number of aromatic carboxylic acids is 1. The molecule has 0 aliphatic heterocycles. The van der Waals surface area contributed by atoms with Gasteiger partial charge in [0.1, 0.15) is 17.1 Å². The Kier molecular flexibility index (Phi) is 1.78. The molecule has 0 fully saturated rings. The van der Waals surface area contributed by atoms with Crippen molar-refractivity contribution in [2.24, 2.45) is 0 Å². The number of rotatable bonds is 1. The van der Waals surface area contributed by atoms with Gasteiger partial charge in [-0.1, -0.05) is 0 Å². The first kappa shape index (κ1) is 8.19. The van der Waals surface area contributed by atoms with Gasteiger partial charge in [-0.3, -0.25) is 0 Å². The topological polar surface area (TPSA) is 104 Å². The highest BCUT2D eigenvalue weighted by molar-refractivity contribution is 5.92. The molecule has 1 aromatic carbocycles. The Hall–Kier alpha value is -1.91. The highest BCUT2D eigenvalue weighted by Gasteiger charge is 2.11. The van der Waals surface area contributed by atoms with E-state index in [0.29, 0.717) is 0 Å². The first-order valence-electron chi connectivity index (χ1n) is 3.07. The van der Waals surface area contributed by atoms with E-state index in [9.17, 15) is 4.79 Å². The van der Waals surface area contributed by atoms with E-state index >= 15 is 0 Å². The monoisotopic (exact) mass is 169 g/mol. The third-order valence-corrected chi connectivity index (χ3v) is 1.38. The second-order valence-electron chi connectivity index (χ2n) is 2.23. The van der Waals surface area contributed by atoms with Gasteiger partial charge in [0.2, 0.25) is 0 Å². The minimum atomic E-state index is -1.32. The summed E-state index contributed by atoms with van der Waals surface area (Å²) >= 11 is 0. The molecule has 0 atom stereocenters. The number of carboxylic acid groups (broad SMARTS) is 1. The fraction of sp³-hybridized carbons (Fsp3) is 0. The summed E-state index contributed by atoms with van der Waals surface area (Å²) in [6.07, 6.45) is 0. The third kappa shape index (κ3) is 1.24. The van der Waals surface area contributed by atoms with Crippen LogP contribution in [0.15, 0.2) is 12.1 Å². The minimum absolute atomic E-state index is 0.0579. The zero-order chi connectivity index (χ0) is 9.30. The van der Waals surface area contributed by atoms with Crippen molar-refractivity contribution < 1.29 is 20.1 Å². The molecule has 0 spiro atoms. The van der Waals surface area contributed by atoms with Crippen LogP contribution in [0.3, 0.4) is 0 Å². The molecule has 0 aliphatic carbocycles. The van der Waals surface area contributed by atoms with Gasteiger partial charge in [0, 0.05) is 12.1 Å². The van der Waals surface area contributed by atoms with Crippen molar-refractivity contribution in [2.45, 2.75) is 0 Å². The van der Waals surface area contributed by atoms with Crippen LogP contribution in [0.4, 0.5) is 5.69 Å². The summed E-state index contributed by atoms with van der Waals surface area (Å²) in [6, 6.07) is 1.88. The first-order chi connectivity index (χ1) is 5.52. The molecule has 12 heavy (non-hydrogen) atoms. The first-order valence-corrected chi connectivity index (χ1v) is 3.07. The fourth-order valence-electron chi connectivity index (χ4n) is 0.764. The fourth-order valence-corrected chi connectivity index (χ4v) is 0.764. The molecule has 5 heteroatoms. The summed E-state index contributed by atoms with van der Waals surface area (Å²) in [5.41, 5.74) is 4.76. The van der Waals surface area contributed by atoms with Crippen molar-refractivity contribution in [3.63, 3.8) is 0 Å². The van der Waals surface area contributed by atoms with E-state index in [1.54, 1.807) is 0 Å². The molecule has 0 saturated heterocycles. The molecular weight excluding hydrogens is 162 g/mol. The number of benzene rings is 1. The van der Waals surface area contributed by atoms with Crippen LogP contribution >= 0.6 is 0 Å². The zero-order valence-electron chi connectivity index (χ0n) is 5.98. The van der Waals surface area contributed by atoms with Crippen molar-refractivity contribution in [1.29, 1.82) is 0 Å². The van der Waals surface area contributed by atoms with Gasteiger partial charge in [0.05, 0.1) is 5.69 Å². The second kappa shape index (κ2) is 2.61. The van der Waals surface area contributed by atoms with Crippen LogP contribution in [-0.4, -0.2) is 21.3 Å². The Morgan fingerprint density at radius 1 is 1.25 bits per heavy atom. The van der Waals surface area contributed by atoms with Crippen LogP contribution < -0.4 is 5.73 Å². The number of carboxylic acids is 1. The van der Waals surface area contributed by atoms with Gasteiger partial charge >= 0.3 is 5.97 Å². The molecule has 0 aromatic heterocycles. The van der Waals surface area contributed by atoms with Gasteiger partial charge in [-0.2, -0.15) is 0 Å². The van der Waals surface area contributed by atoms with E-state index in [4.69, 9.17) is 21.1 Å². The predicted molar refractivity (Wildman–Crippen MR) is 41.1 cm³/mol. The predicted octanol–water partition coefficient (Wildman–Crippen LogP) is 0.378. The normalized spacial score (nSPS) is 9.67. The van der Waals surface area contributed by atoms with Gasteiger partial charge in [-0.25, -0.2) is 4.79 Å². The Bertz CT molecular complexity index is 334. The molecule has 0 heterocycles. The number of anilines is 1. The average molecular weight is 169 g/mol. The maximum Gasteiger partial charge on any atom is 0.339 e. The summed E-state index contributed by atoms with van der Waals surface area (Å²) in [6.45, 7) is 0. The molecule has 0 unspecified atom stereocenters. The Morgan fingerprint density at radius 2 is 1.83 bits per heavy atom. The number of hydrogen-bond acceptors (Lipinski definition) is 4. The lowest BCUT2D eigenvalue weighted by atomic mass is 10.1. The zero-order valence-corrected chi connectivity index (χ0v) is 5.98. The third-order valence-electron chi connectivity index (χ3n) is 1.38. The Morgan fingerprint density at radius 3 is 2.33 bits per heavy atom. The molecule has 0 aliphatic rings. The SMILES string of the molecule is Nc1cc(O)c(C(=O)O)cc1O. The number of nitrogen functional groups attached to an aromatic ring is 1. The Balaban J connectivity index is 3.33. The largest absolute Gasteiger partial charge is 0.507 e. The minimum Gasteiger partial charge on any atom is -0.507 e. The second-order valence-corrected chi connectivity index (χ2v) is 2.23. The molecule has 0 radical (unpaired) electrons. The lowest BCUT2D eigenvalue weighted by Crippen LogP contribution is -1.97. The van der Waals surface area contributed by atoms with Gasteiger partial charge in [0.25, 0.3) is 0 Å². The summed E-state index contributed by atoms with van der Waals surface area (Å²) in [5.74, 6) is -2.13. The van der Waals surface area contributed by atoms with E-state index in [-0.39, 0.29) is 17.0 Å². The number of carbonyl (C=O) groups is 1. The Labute approximate surface area is 67.7 Å². The summed E-state index contributed by atoms with van der Waals surface area (Å²) in [4.78, 5) is 10.4. The van der Waals surface area contributed by atoms with E-state index in [2.05, 4.69) is 0 Å². The summed E-state index contributed by atoms with van der Waals surface area (Å²) < 4.78 is 0. The maximum atomic E-state index is 10.4. The molecule has 64 valence electrons. The van der Waals surface area contributed by atoms with Crippen molar-refractivity contribution in [3.05, 3.63) is 17.7 Å². The van der Waals surface area contributed by atoms with Crippen molar-refractivity contribution in [3.8, 4) is 11.5 Å². The number of phenols is 2. The lowest BCUT2D eigenvalue weighted by molar-refractivity contribution is 0.0693. The van der Waals surface area contributed by atoms with E-state index in [1.807, 2.05) is 0 Å². The molecule has 0 amide bonds. The van der Waals surface area contributed by atoms with Crippen LogP contribution in [0.25, 0.3) is 0 Å². The van der Waals surface area contributed by atoms with E-state index < -0.39 is 11.7 Å². The molecule has 5 nitrogen and oxygen atoms in total. The van der Waals surface area contributed by atoms with Gasteiger partial charge in [-0.15, -0.1) is 0 Å². The van der Waals surface area contributed by atoms with Crippen molar-refractivity contribution in [2.75, 3.05) is 5.73 Å². The van der Waals surface area contributed by atoms with E-state index in [1.165, 1.54) is 0 Å². The van der Waals surface area contributed by atoms with Crippen molar-refractivity contribution >= 4 is 11.7 Å². The quantitative estimate of drug-likeness (QED) is 0.276. The molecule has 0 bridgehead atoms. The van der Waals surface area contributed by atoms with Crippen LogP contribution in [0.2, 0.25) is 0 Å². The molecule has 5 N–H and O–H groups in total. The smallest absolute Gasteiger partial charge is 0.339 e. The lowest BCUT2D eigenvalue weighted by Gasteiger charge is -2.02. The number of phenolic OH excluding ortho intramolecular Hbond substituents is 1. The van der Waals surface area contributed by atoms with E-state index in [0.717, 1.165) is 12.1 Å². The highest BCUT2D eigenvalue weighted by atomic mass is 16.4. The van der Waals surface area contributed by atoms with Gasteiger partial charge in [-0.05, 0) is 0 Å². The van der Waals surface area contributed by atoms with Crippen LogP contribution in [-0.2, 0) is 0 Å². The highest BCUT2D eigenvalue weighted by Crippen LogP contribution is 2.28. The van der Waals surface area contributed by atoms with Gasteiger partial charge in [0.15, 0.2) is 0 Å². The van der Waals surface area contributed by atoms with Gasteiger partial charge < -0.3 is 21.1 Å². The average Bonchev–Trinajstić information content (AvgIpc) is 1.96. The molecule has 1 aromatic rings. The van der Waals surface area contributed by atoms with Crippen LogP contribution in [0.1, 0.15) is 10.4 Å². The maximum absolute atomic E-state index is 10.4. The van der Waals surface area contributed by atoms with Crippen LogP contribution in [0.5, 0.6) is 11.5 Å². The molecule has 0 saturated carbocycles. The molecular formula is C7H7NO4.